The summed E-state index contributed by atoms with van der Waals surface area (Å²) >= 11 is 0. The molecule has 0 atom stereocenters. The molecule has 0 unspecified atom stereocenters. The van der Waals surface area contributed by atoms with Crippen LogP contribution in [0.3, 0.4) is 0 Å². The lowest BCUT2D eigenvalue weighted by atomic mass is 10.2. The lowest BCUT2D eigenvalue weighted by molar-refractivity contribution is 0.469. The van der Waals surface area contributed by atoms with Crippen LogP contribution in [-0.4, -0.2) is 15.1 Å². The first-order chi connectivity index (χ1) is 7.54. The number of benzene rings is 1. The van der Waals surface area contributed by atoms with E-state index >= 15 is 0 Å². The lowest BCUT2D eigenvalue weighted by Gasteiger charge is -2.04. The molecule has 5 heteroatoms. The average Bonchev–Trinajstić information content (AvgIpc) is 2.14. The fraction of sp³-hybridized carbons (Fsp3) is 0.0909. The minimum Gasteiger partial charge on any atom is -0.508 e. The van der Waals surface area contributed by atoms with Crippen molar-refractivity contribution >= 4 is 5.82 Å². The number of phenols is 1. The van der Waals surface area contributed by atoms with Crippen molar-refractivity contribution in [3.8, 4) is 17.1 Å². The maximum atomic E-state index is 13.1. The summed E-state index contributed by atoms with van der Waals surface area (Å²) in [6.45, 7) is 1.76. The number of rotatable bonds is 1. The molecule has 3 N–H and O–H groups in total. The van der Waals surface area contributed by atoms with Crippen molar-refractivity contribution in [1.29, 1.82) is 0 Å². The van der Waals surface area contributed by atoms with Crippen molar-refractivity contribution in [2.45, 2.75) is 6.92 Å². The van der Waals surface area contributed by atoms with Crippen molar-refractivity contribution in [3.63, 3.8) is 0 Å². The van der Waals surface area contributed by atoms with Crippen molar-refractivity contribution in [2.24, 2.45) is 0 Å². The monoisotopic (exact) mass is 219 g/mol. The standard InChI is InChI=1S/C11H10FN3O/c1-6-2-10(13)15-11(14-6)7-3-8(12)5-9(16)4-7/h2-5,16H,1H3,(H2,13,14,15). The summed E-state index contributed by atoms with van der Waals surface area (Å²) in [6, 6.07) is 5.26. The van der Waals surface area contributed by atoms with Gasteiger partial charge in [-0.1, -0.05) is 0 Å². The predicted octanol–water partition coefficient (Wildman–Crippen LogP) is 1.88. The van der Waals surface area contributed by atoms with E-state index in [1.54, 1.807) is 13.0 Å². The van der Waals surface area contributed by atoms with E-state index in [4.69, 9.17) is 5.73 Å². The Kier molecular flexibility index (Phi) is 2.44. The van der Waals surface area contributed by atoms with Crippen LogP contribution in [0.4, 0.5) is 10.2 Å². The molecule has 0 bridgehead atoms. The number of aromatic hydroxyl groups is 1. The number of aryl methyl sites for hydroxylation is 1. The third-order valence-corrected chi connectivity index (χ3v) is 2.01. The molecule has 1 aromatic carbocycles. The van der Waals surface area contributed by atoms with Crippen LogP contribution in [0, 0.1) is 12.7 Å². The van der Waals surface area contributed by atoms with Crippen LogP contribution in [0.2, 0.25) is 0 Å². The summed E-state index contributed by atoms with van der Waals surface area (Å²) in [7, 11) is 0. The first-order valence-electron chi connectivity index (χ1n) is 4.66. The molecule has 4 nitrogen and oxygen atoms in total. The van der Waals surface area contributed by atoms with Crippen molar-refractivity contribution in [1.82, 2.24) is 9.97 Å². The molecule has 0 fully saturated rings. The Bertz CT molecular complexity index is 453. The number of hydrogen-bond donors (Lipinski definition) is 2. The second-order valence-corrected chi connectivity index (χ2v) is 3.46. The van der Waals surface area contributed by atoms with Crippen LogP contribution in [0.1, 0.15) is 5.69 Å². The summed E-state index contributed by atoms with van der Waals surface area (Å²) in [5.41, 5.74) is 6.65. The number of halogens is 1. The van der Waals surface area contributed by atoms with Crippen molar-refractivity contribution in [2.75, 3.05) is 5.73 Å². The molecule has 0 amide bonds. The van der Waals surface area contributed by atoms with Gasteiger partial charge in [0.15, 0.2) is 5.82 Å². The second-order valence-electron chi connectivity index (χ2n) is 3.46. The zero-order valence-corrected chi connectivity index (χ0v) is 8.61. The van der Waals surface area contributed by atoms with Gasteiger partial charge in [0.2, 0.25) is 0 Å². The number of anilines is 1. The minimum absolute atomic E-state index is 0.168. The molecule has 0 aliphatic rings. The molecule has 0 spiro atoms. The number of nitrogen functional groups attached to an aromatic ring is 1. The molecule has 2 aromatic rings. The van der Waals surface area contributed by atoms with Gasteiger partial charge in [0.25, 0.3) is 0 Å². The Morgan fingerprint density at radius 1 is 1.19 bits per heavy atom. The predicted molar refractivity (Wildman–Crippen MR) is 58.2 cm³/mol. The molecular formula is C11H10FN3O. The lowest BCUT2D eigenvalue weighted by Crippen LogP contribution is -1.97. The summed E-state index contributed by atoms with van der Waals surface area (Å²) < 4.78 is 13.1. The van der Waals surface area contributed by atoms with Gasteiger partial charge in [-0.25, -0.2) is 14.4 Å². The van der Waals surface area contributed by atoms with Crippen molar-refractivity contribution in [3.05, 3.63) is 35.8 Å². The molecule has 0 aliphatic carbocycles. The second kappa shape index (κ2) is 3.77. The van der Waals surface area contributed by atoms with Gasteiger partial charge in [-0.15, -0.1) is 0 Å². The largest absolute Gasteiger partial charge is 0.508 e. The van der Waals surface area contributed by atoms with Crippen LogP contribution in [0.5, 0.6) is 5.75 Å². The zero-order chi connectivity index (χ0) is 11.7. The summed E-state index contributed by atoms with van der Waals surface area (Å²) in [4.78, 5) is 8.09. The molecule has 0 saturated heterocycles. The molecule has 1 aromatic heterocycles. The molecule has 16 heavy (non-hydrogen) atoms. The fourth-order valence-corrected chi connectivity index (χ4v) is 1.43. The molecule has 82 valence electrons. The van der Waals surface area contributed by atoms with E-state index in [9.17, 15) is 9.50 Å². The Hall–Kier alpha value is -2.17. The quantitative estimate of drug-likeness (QED) is 0.768. The fourth-order valence-electron chi connectivity index (χ4n) is 1.43. The topological polar surface area (TPSA) is 72.0 Å². The number of phenolic OH excluding ortho intramolecular Hbond substituents is 1. The van der Waals surface area contributed by atoms with Crippen LogP contribution in [-0.2, 0) is 0 Å². The summed E-state index contributed by atoms with van der Waals surface area (Å²) in [6.07, 6.45) is 0. The maximum absolute atomic E-state index is 13.1. The van der Waals surface area contributed by atoms with E-state index in [1.807, 2.05) is 0 Å². The van der Waals surface area contributed by atoms with Gasteiger partial charge in [0.1, 0.15) is 17.4 Å². The molecule has 0 radical (unpaired) electrons. The van der Waals surface area contributed by atoms with Gasteiger partial charge >= 0.3 is 0 Å². The summed E-state index contributed by atoms with van der Waals surface area (Å²) in [5.74, 6) is -0.101. The Balaban J connectivity index is 2.57. The van der Waals surface area contributed by atoms with Crippen LogP contribution >= 0.6 is 0 Å². The third kappa shape index (κ3) is 2.08. The maximum Gasteiger partial charge on any atom is 0.161 e. The van der Waals surface area contributed by atoms with Gasteiger partial charge in [-0.05, 0) is 19.1 Å². The first kappa shape index (κ1) is 10.4. The van der Waals surface area contributed by atoms with Gasteiger partial charge in [-0.2, -0.15) is 0 Å². The van der Waals surface area contributed by atoms with Gasteiger partial charge in [0.05, 0.1) is 0 Å². The van der Waals surface area contributed by atoms with Crippen molar-refractivity contribution < 1.29 is 9.50 Å². The smallest absolute Gasteiger partial charge is 0.161 e. The van der Waals surface area contributed by atoms with Gasteiger partial charge < -0.3 is 10.8 Å². The number of nitrogens with two attached hydrogens (primary N) is 1. The molecule has 0 aliphatic heterocycles. The van der Waals surface area contributed by atoms with Crippen LogP contribution in [0.15, 0.2) is 24.3 Å². The normalized spacial score (nSPS) is 10.4. The molecule has 0 saturated carbocycles. The highest BCUT2D eigenvalue weighted by Gasteiger charge is 2.06. The highest BCUT2D eigenvalue weighted by atomic mass is 19.1. The van der Waals surface area contributed by atoms with Gasteiger partial charge in [-0.3, -0.25) is 0 Å². The third-order valence-electron chi connectivity index (χ3n) is 2.01. The summed E-state index contributed by atoms with van der Waals surface area (Å²) in [5, 5.41) is 9.27. The number of nitrogens with zero attached hydrogens (tertiary/aromatic N) is 2. The Morgan fingerprint density at radius 3 is 2.56 bits per heavy atom. The number of aromatic nitrogens is 2. The van der Waals surface area contributed by atoms with Crippen LogP contribution in [0.25, 0.3) is 11.4 Å². The number of hydrogen-bond acceptors (Lipinski definition) is 4. The van der Waals surface area contributed by atoms with Crippen LogP contribution < -0.4 is 5.73 Å². The van der Waals surface area contributed by atoms with E-state index in [0.717, 1.165) is 6.07 Å². The molecule has 1 heterocycles. The minimum atomic E-state index is -0.543. The van der Waals surface area contributed by atoms with E-state index in [2.05, 4.69) is 9.97 Å². The zero-order valence-electron chi connectivity index (χ0n) is 8.61. The first-order valence-corrected chi connectivity index (χ1v) is 4.66. The molecule has 2 rings (SSSR count). The SMILES string of the molecule is Cc1cc(N)nc(-c2cc(O)cc(F)c2)n1. The van der Waals surface area contributed by atoms with E-state index in [1.165, 1.54) is 12.1 Å². The Labute approximate surface area is 91.6 Å². The molecular weight excluding hydrogens is 209 g/mol. The highest BCUT2D eigenvalue weighted by molar-refractivity contribution is 5.59. The average molecular weight is 219 g/mol. The Morgan fingerprint density at radius 2 is 1.94 bits per heavy atom. The van der Waals surface area contributed by atoms with E-state index in [-0.39, 0.29) is 5.75 Å². The highest BCUT2D eigenvalue weighted by Crippen LogP contribution is 2.22. The van der Waals surface area contributed by atoms with E-state index < -0.39 is 5.82 Å². The van der Waals surface area contributed by atoms with E-state index in [0.29, 0.717) is 22.9 Å². The van der Waals surface area contributed by atoms with Gasteiger partial charge in [0, 0.05) is 23.4 Å².